The van der Waals surface area contributed by atoms with Crippen molar-refractivity contribution in [3.63, 3.8) is 0 Å². The summed E-state index contributed by atoms with van der Waals surface area (Å²) in [6, 6.07) is 4.96. The molecule has 2 saturated heterocycles. The van der Waals surface area contributed by atoms with Crippen molar-refractivity contribution in [2.45, 2.75) is 0 Å². The molecule has 160 valence electrons. The summed E-state index contributed by atoms with van der Waals surface area (Å²) in [5.41, 5.74) is -0.419. The molecule has 2 aliphatic rings. The molecule has 0 unspecified atom stereocenters. The minimum Gasteiger partial charge on any atom is -0.354 e. The number of nitrogens with zero attached hydrogens (tertiary/aromatic N) is 6. The van der Waals surface area contributed by atoms with Crippen molar-refractivity contribution in [2.75, 3.05) is 74.5 Å². The van der Waals surface area contributed by atoms with E-state index < -0.39 is 23.4 Å². The van der Waals surface area contributed by atoms with Crippen LogP contribution >= 0.6 is 0 Å². The molecular formula is C20H25F2N7O. The number of aromatic nitrogens is 2. The van der Waals surface area contributed by atoms with E-state index in [0.717, 1.165) is 49.9 Å². The van der Waals surface area contributed by atoms with Crippen molar-refractivity contribution in [2.24, 2.45) is 0 Å². The molecule has 4 rings (SSSR count). The van der Waals surface area contributed by atoms with Gasteiger partial charge in [-0.3, -0.25) is 0 Å². The van der Waals surface area contributed by atoms with Crippen molar-refractivity contribution >= 4 is 23.4 Å². The molecule has 1 aromatic carbocycles. The van der Waals surface area contributed by atoms with Gasteiger partial charge in [-0.05, 0) is 19.2 Å². The SMILES string of the molecule is CN1CCN(c2cc(N3CCN(C(=O)Nc4c(F)cccc4F)CC3)ncn2)CC1. The van der Waals surface area contributed by atoms with E-state index in [9.17, 15) is 13.6 Å². The molecule has 0 saturated carbocycles. The molecule has 30 heavy (non-hydrogen) atoms. The van der Waals surface area contributed by atoms with Crippen molar-refractivity contribution in [3.8, 4) is 0 Å². The molecule has 2 fully saturated rings. The number of carbonyl (C=O) groups excluding carboxylic acids is 1. The number of urea groups is 1. The van der Waals surface area contributed by atoms with Crippen LogP contribution < -0.4 is 15.1 Å². The number of para-hydroxylation sites is 1. The lowest BCUT2D eigenvalue weighted by atomic mass is 10.3. The topological polar surface area (TPSA) is 67.8 Å². The number of hydrogen-bond donors (Lipinski definition) is 1. The lowest BCUT2D eigenvalue weighted by Gasteiger charge is -2.36. The molecule has 0 radical (unpaired) electrons. The predicted molar refractivity (Wildman–Crippen MR) is 111 cm³/mol. The minimum absolute atomic E-state index is 0.419. The van der Waals surface area contributed by atoms with Crippen LogP contribution in [0.3, 0.4) is 0 Å². The molecule has 10 heteroatoms. The van der Waals surface area contributed by atoms with Crippen molar-refractivity contribution < 1.29 is 13.6 Å². The fraction of sp³-hybridized carbons (Fsp3) is 0.450. The third-order valence-corrected chi connectivity index (χ3v) is 5.55. The summed E-state index contributed by atoms with van der Waals surface area (Å²) in [4.78, 5) is 29.4. The smallest absolute Gasteiger partial charge is 0.322 e. The van der Waals surface area contributed by atoms with Crippen LogP contribution in [0.25, 0.3) is 0 Å². The van der Waals surface area contributed by atoms with Gasteiger partial charge in [-0.25, -0.2) is 23.5 Å². The van der Waals surface area contributed by atoms with Crippen molar-refractivity contribution in [3.05, 3.63) is 42.2 Å². The van der Waals surface area contributed by atoms with Gasteiger partial charge in [-0.15, -0.1) is 0 Å². The first-order valence-corrected chi connectivity index (χ1v) is 10.0. The highest BCUT2D eigenvalue weighted by Gasteiger charge is 2.24. The Bertz CT molecular complexity index is 876. The van der Waals surface area contributed by atoms with E-state index in [-0.39, 0.29) is 0 Å². The zero-order chi connectivity index (χ0) is 21.1. The van der Waals surface area contributed by atoms with Gasteiger partial charge in [0.2, 0.25) is 0 Å². The Labute approximate surface area is 174 Å². The summed E-state index contributed by atoms with van der Waals surface area (Å²) in [5.74, 6) is 0.140. The highest BCUT2D eigenvalue weighted by molar-refractivity contribution is 5.89. The second-order valence-electron chi connectivity index (χ2n) is 7.53. The van der Waals surface area contributed by atoms with Crippen LogP contribution in [0, 0.1) is 11.6 Å². The van der Waals surface area contributed by atoms with E-state index in [1.54, 1.807) is 11.2 Å². The third kappa shape index (κ3) is 4.43. The number of halogens is 2. The molecule has 8 nitrogen and oxygen atoms in total. The van der Waals surface area contributed by atoms with Crippen LogP contribution in [0.2, 0.25) is 0 Å². The number of benzene rings is 1. The summed E-state index contributed by atoms with van der Waals surface area (Å²) < 4.78 is 27.5. The van der Waals surface area contributed by atoms with Gasteiger partial charge in [0.15, 0.2) is 0 Å². The van der Waals surface area contributed by atoms with Crippen molar-refractivity contribution in [1.29, 1.82) is 0 Å². The number of nitrogens with one attached hydrogen (secondary N) is 1. The zero-order valence-electron chi connectivity index (χ0n) is 16.9. The van der Waals surface area contributed by atoms with Gasteiger partial charge in [0, 0.05) is 58.4 Å². The van der Waals surface area contributed by atoms with E-state index in [1.165, 1.54) is 6.07 Å². The molecule has 0 aliphatic carbocycles. The largest absolute Gasteiger partial charge is 0.354 e. The average Bonchev–Trinajstić information content (AvgIpc) is 2.77. The lowest BCUT2D eigenvalue weighted by Crippen LogP contribution is -2.50. The molecule has 1 aromatic heterocycles. The Balaban J connectivity index is 1.35. The second kappa shape index (κ2) is 8.78. The quantitative estimate of drug-likeness (QED) is 0.823. The van der Waals surface area contributed by atoms with Crippen LogP contribution in [-0.2, 0) is 0 Å². The first-order valence-electron chi connectivity index (χ1n) is 10.0. The molecule has 2 aromatic rings. The Hall–Kier alpha value is -3.01. The molecule has 0 bridgehead atoms. The predicted octanol–water partition coefficient (Wildman–Crippen LogP) is 1.86. The van der Waals surface area contributed by atoms with Crippen LogP contribution in [0.5, 0.6) is 0 Å². The van der Waals surface area contributed by atoms with Gasteiger partial charge in [0.25, 0.3) is 0 Å². The van der Waals surface area contributed by atoms with E-state index in [4.69, 9.17) is 0 Å². The number of carbonyl (C=O) groups is 1. The normalized spacial score (nSPS) is 17.9. The third-order valence-electron chi connectivity index (χ3n) is 5.55. The summed E-state index contributed by atoms with van der Waals surface area (Å²) in [5, 5.41) is 2.34. The number of likely N-dealkylation sites (N-methyl/N-ethyl adjacent to an activating group) is 1. The number of hydrogen-bond acceptors (Lipinski definition) is 6. The fourth-order valence-electron chi connectivity index (χ4n) is 3.66. The first-order chi connectivity index (χ1) is 14.5. The molecule has 1 N–H and O–H groups in total. The summed E-state index contributed by atoms with van der Waals surface area (Å²) in [7, 11) is 2.11. The fourth-order valence-corrected chi connectivity index (χ4v) is 3.66. The number of rotatable bonds is 3. The zero-order valence-corrected chi connectivity index (χ0v) is 16.9. The standard InChI is InChI=1S/C20H25F2N7O/c1-26-5-7-27(8-6-26)17-13-18(24-14-23-17)28-9-11-29(12-10-28)20(30)25-19-15(21)3-2-4-16(19)22/h2-4,13-14H,5-12H2,1H3,(H,25,30). The summed E-state index contributed by atoms with van der Waals surface area (Å²) in [6.07, 6.45) is 1.57. The summed E-state index contributed by atoms with van der Waals surface area (Å²) in [6.45, 7) is 5.84. The van der Waals surface area contributed by atoms with E-state index in [0.29, 0.717) is 26.2 Å². The first kappa shape index (κ1) is 20.3. The molecule has 0 spiro atoms. The number of anilines is 3. The molecule has 0 atom stereocenters. The monoisotopic (exact) mass is 417 g/mol. The van der Waals surface area contributed by atoms with Gasteiger partial charge in [-0.1, -0.05) is 6.07 Å². The molecule has 3 heterocycles. The highest BCUT2D eigenvalue weighted by Crippen LogP contribution is 2.21. The molecule has 2 aliphatic heterocycles. The second-order valence-corrected chi connectivity index (χ2v) is 7.53. The van der Waals surface area contributed by atoms with Gasteiger partial charge >= 0.3 is 6.03 Å². The highest BCUT2D eigenvalue weighted by atomic mass is 19.1. The van der Waals surface area contributed by atoms with Gasteiger partial charge in [-0.2, -0.15) is 0 Å². The summed E-state index contributed by atoms with van der Waals surface area (Å²) >= 11 is 0. The Morgan fingerprint density at radius 2 is 1.43 bits per heavy atom. The van der Waals surface area contributed by atoms with Gasteiger partial charge in [0.05, 0.1) is 0 Å². The maximum atomic E-state index is 13.8. The number of piperazine rings is 2. The Kier molecular flexibility index (Phi) is 5.93. The Morgan fingerprint density at radius 3 is 2.00 bits per heavy atom. The van der Waals surface area contributed by atoms with Crippen LogP contribution in [0.15, 0.2) is 30.6 Å². The van der Waals surface area contributed by atoms with Crippen molar-refractivity contribution in [1.82, 2.24) is 19.8 Å². The van der Waals surface area contributed by atoms with Crippen LogP contribution in [-0.4, -0.2) is 85.2 Å². The van der Waals surface area contributed by atoms with Gasteiger partial charge < -0.3 is 24.9 Å². The van der Waals surface area contributed by atoms with E-state index in [1.807, 2.05) is 6.07 Å². The average molecular weight is 417 g/mol. The van der Waals surface area contributed by atoms with Crippen LogP contribution in [0.4, 0.5) is 30.9 Å². The van der Waals surface area contributed by atoms with Crippen LogP contribution in [0.1, 0.15) is 0 Å². The van der Waals surface area contributed by atoms with Gasteiger partial charge in [0.1, 0.15) is 35.3 Å². The molecular weight excluding hydrogens is 392 g/mol. The lowest BCUT2D eigenvalue weighted by molar-refractivity contribution is 0.208. The van der Waals surface area contributed by atoms with E-state index in [2.05, 4.69) is 37.0 Å². The maximum Gasteiger partial charge on any atom is 0.322 e. The van der Waals surface area contributed by atoms with E-state index >= 15 is 0 Å². The maximum absolute atomic E-state index is 13.8. The Morgan fingerprint density at radius 1 is 0.900 bits per heavy atom. The minimum atomic E-state index is -0.792. The molecule has 2 amide bonds. The number of amides is 2.